The predicted octanol–water partition coefficient (Wildman–Crippen LogP) is 1.53. The number of carbonyl (C=O) groups excluding carboxylic acids is 1. The van der Waals surface area contributed by atoms with Crippen molar-refractivity contribution in [2.24, 2.45) is 5.73 Å². The molecule has 0 radical (unpaired) electrons. The van der Waals surface area contributed by atoms with Crippen LogP contribution in [0.3, 0.4) is 0 Å². The fourth-order valence-electron chi connectivity index (χ4n) is 1.21. The highest BCUT2D eigenvalue weighted by Gasteiger charge is 2.12. The molecule has 0 fully saturated rings. The van der Waals surface area contributed by atoms with Crippen LogP contribution in [0.5, 0.6) is 0 Å². The minimum Gasteiger partial charge on any atom is -0.369 e. The standard InChI is InChI=1S/C10H11N3OS/c1-6(9(11)14)15-10-12-7-4-2-3-5-8(7)13-10/h2-6H,1H3,(H2,11,14)(H,12,13)/t6-/m0/s1. The largest absolute Gasteiger partial charge is 0.369 e. The average molecular weight is 221 g/mol. The summed E-state index contributed by atoms with van der Waals surface area (Å²) >= 11 is 1.34. The number of nitrogens with zero attached hydrogens (tertiary/aromatic N) is 1. The number of aromatic amines is 1. The summed E-state index contributed by atoms with van der Waals surface area (Å²) in [4.78, 5) is 18.3. The molecule has 0 aliphatic heterocycles. The first kappa shape index (κ1) is 10.0. The third-order valence-electron chi connectivity index (χ3n) is 2.06. The molecule has 3 N–H and O–H groups in total. The molecule has 78 valence electrons. The summed E-state index contributed by atoms with van der Waals surface area (Å²) in [5.74, 6) is -0.333. The number of H-pyrrole nitrogens is 1. The monoisotopic (exact) mass is 221 g/mol. The number of para-hydroxylation sites is 2. The average Bonchev–Trinajstić information content (AvgIpc) is 2.59. The molecule has 15 heavy (non-hydrogen) atoms. The highest BCUT2D eigenvalue weighted by molar-refractivity contribution is 8.00. The van der Waals surface area contributed by atoms with Gasteiger partial charge < -0.3 is 10.7 Å². The molecule has 0 saturated heterocycles. The topological polar surface area (TPSA) is 71.8 Å². The lowest BCUT2D eigenvalue weighted by molar-refractivity contribution is -0.117. The molecule has 5 heteroatoms. The molecule has 0 saturated carbocycles. The third kappa shape index (κ3) is 2.12. The van der Waals surface area contributed by atoms with Crippen LogP contribution in [0.4, 0.5) is 0 Å². The Hall–Kier alpha value is -1.49. The van der Waals surface area contributed by atoms with Gasteiger partial charge in [-0.1, -0.05) is 23.9 Å². The summed E-state index contributed by atoms with van der Waals surface area (Å²) < 4.78 is 0. The summed E-state index contributed by atoms with van der Waals surface area (Å²) in [6, 6.07) is 7.73. The first-order chi connectivity index (χ1) is 7.16. The number of rotatable bonds is 3. The van der Waals surface area contributed by atoms with Gasteiger partial charge in [-0.2, -0.15) is 0 Å². The lowest BCUT2D eigenvalue weighted by Gasteiger charge is -2.02. The van der Waals surface area contributed by atoms with Crippen LogP contribution in [0.25, 0.3) is 11.0 Å². The highest BCUT2D eigenvalue weighted by Crippen LogP contribution is 2.22. The van der Waals surface area contributed by atoms with E-state index in [1.165, 1.54) is 11.8 Å². The van der Waals surface area contributed by atoms with E-state index >= 15 is 0 Å². The van der Waals surface area contributed by atoms with Gasteiger partial charge in [0.15, 0.2) is 5.16 Å². The minimum absolute atomic E-state index is 0.273. The van der Waals surface area contributed by atoms with E-state index in [1.54, 1.807) is 6.92 Å². The first-order valence-corrected chi connectivity index (χ1v) is 5.45. The van der Waals surface area contributed by atoms with E-state index in [9.17, 15) is 4.79 Å². The number of nitrogens with one attached hydrogen (secondary N) is 1. The number of benzene rings is 1. The van der Waals surface area contributed by atoms with Crippen LogP contribution in [0.2, 0.25) is 0 Å². The fraction of sp³-hybridized carbons (Fsp3) is 0.200. The van der Waals surface area contributed by atoms with E-state index < -0.39 is 0 Å². The van der Waals surface area contributed by atoms with Crippen LogP contribution in [0, 0.1) is 0 Å². The molecule has 4 nitrogen and oxygen atoms in total. The van der Waals surface area contributed by atoms with Crippen molar-refractivity contribution >= 4 is 28.7 Å². The van der Waals surface area contributed by atoms with Crippen molar-refractivity contribution in [3.05, 3.63) is 24.3 Å². The van der Waals surface area contributed by atoms with Crippen molar-refractivity contribution in [3.8, 4) is 0 Å². The van der Waals surface area contributed by atoms with E-state index in [-0.39, 0.29) is 11.2 Å². The van der Waals surface area contributed by atoms with Crippen molar-refractivity contribution in [3.63, 3.8) is 0 Å². The zero-order chi connectivity index (χ0) is 10.8. The summed E-state index contributed by atoms with van der Waals surface area (Å²) in [5, 5.41) is 0.452. The predicted molar refractivity (Wildman–Crippen MR) is 60.6 cm³/mol. The number of carbonyl (C=O) groups is 1. The number of amides is 1. The molecule has 1 aromatic heterocycles. The second-order valence-corrected chi connectivity index (χ2v) is 4.55. The Morgan fingerprint density at radius 1 is 1.53 bits per heavy atom. The van der Waals surface area contributed by atoms with Gasteiger partial charge in [0.25, 0.3) is 0 Å². The third-order valence-corrected chi connectivity index (χ3v) is 3.06. The number of primary amides is 1. The molecule has 0 bridgehead atoms. The summed E-state index contributed by atoms with van der Waals surface area (Å²) in [6.45, 7) is 1.76. The first-order valence-electron chi connectivity index (χ1n) is 4.57. The fourth-order valence-corrected chi connectivity index (χ4v) is 1.98. The number of hydrogen-bond donors (Lipinski definition) is 2. The Balaban J connectivity index is 2.26. The molecule has 1 heterocycles. The molecule has 0 aliphatic carbocycles. The number of thioether (sulfide) groups is 1. The van der Waals surface area contributed by atoms with Gasteiger partial charge in [0.05, 0.1) is 16.3 Å². The quantitative estimate of drug-likeness (QED) is 0.772. The second kappa shape index (κ2) is 3.94. The van der Waals surface area contributed by atoms with Crippen molar-refractivity contribution in [1.29, 1.82) is 0 Å². The molecule has 2 rings (SSSR count). The molecule has 1 atom stereocenters. The molecule has 2 aromatic rings. The maximum atomic E-state index is 10.9. The van der Waals surface area contributed by atoms with Gasteiger partial charge in [-0.15, -0.1) is 0 Å². The number of imidazole rings is 1. The van der Waals surface area contributed by atoms with Gasteiger partial charge >= 0.3 is 0 Å². The maximum absolute atomic E-state index is 10.9. The Kier molecular flexibility index (Phi) is 2.64. The number of nitrogens with two attached hydrogens (primary N) is 1. The van der Waals surface area contributed by atoms with Crippen LogP contribution < -0.4 is 5.73 Å². The van der Waals surface area contributed by atoms with Crippen molar-refractivity contribution in [2.75, 3.05) is 0 Å². The van der Waals surface area contributed by atoms with Crippen LogP contribution in [0.1, 0.15) is 6.92 Å². The SMILES string of the molecule is C[C@H](Sc1nc2ccccc2[nH]1)C(N)=O. The lowest BCUT2D eigenvalue weighted by atomic mass is 10.3. The second-order valence-electron chi connectivity index (χ2n) is 3.22. The van der Waals surface area contributed by atoms with Gasteiger partial charge in [-0.3, -0.25) is 4.79 Å². The van der Waals surface area contributed by atoms with Crippen LogP contribution in [-0.2, 0) is 4.79 Å². The van der Waals surface area contributed by atoms with Crippen LogP contribution in [0.15, 0.2) is 29.4 Å². The van der Waals surface area contributed by atoms with Gasteiger partial charge in [-0.25, -0.2) is 4.98 Å². The Labute approximate surface area is 91.3 Å². The van der Waals surface area contributed by atoms with E-state index in [1.807, 2.05) is 24.3 Å². The molecular formula is C10H11N3OS. The normalized spacial score (nSPS) is 12.9. The summed E-state index contributed by atoms with van der Waals surface area (Å²) in [6.07, 6.45) is 0. The Morgan fingerprint density at radius 3 is 2.93 bits per heavy atom. The molecular weight excluding hydrogens is 210 g/mol. The van der Waals surface area contributed by atoms with Crippen LogP contribution in [-0.4, -0.2) is 21.1 Å². The van der Waals surface area contributed by atoms with E-state index in [4.69, 9.17) is 5.73 Å². The summed E-state index contributed by atoms with van der Waals surface area (Å²) in [7, 11) is 0. The Morgan fingerprint density at radius 2 is 2.27 bits per heavy atom. The van der Waals surface area contributed by atoms with Crippen molar-refractivity contribution in [2.45, 2.75) is 17.3 Å². The van der Waals surface area contributed by atoms with Crippen LogP contribution >= 0.6 is 11.8 Å². The maximum Gasteiger partial charge on any atom is 0.230 e. The van der Waals surface area contributed by atoms with E-state index in [0.29, 0.717) is 0 Å². The molecule has 1 aromatic carbocycles. The number of hydrogen-bond acceptors (Lipinski definition) is 3. The van der Waals surface area contributed by atoms with Crippen molar-refractivity contribution < 1.29 is 4.79 Å². The molecule has 0 spiro atoms. The minimum atomic E-state index is -0.333. The van der Waals surface area contributed by atoms with Gasteiger partial charge in [0.1, 0.15) is 0 Å². The zero-order valence-corrected chi connectivity index (χ0v) is 9.04. The molecule has 0 aliphatic rings. The van der Waals surface area contributed by atoms with Gasteiger partial charge in [0.2, 0.25) is 5.91 Å². The van der Waals surface area contributed by atoms with Crippen molar-refractivity contribution in [1.82, 2.24) is 9.97 Å². The number of aromatic nitrogens is 2. The van der Waals surface area contributed by atoms with Gasteiger partial charge in [0, 0.05) is 0 Å². The van der Waals surface area contributed by atoms with E-state index in [0.717, 1.165) is 16.2 Å². The molecule has 1 amide bonds. The van der Waals surface area contributed by atoms with Gasteiger partial charge in [-0.05, 0) is 19.1 Å². The summed E-state index contributed by atoms with van der Waals surface area (Å²) in [5.41, 5.74) is 7.05. The lowest BCUT2D eigenvalue weighted by Crippen LogP contribution is -2.22. The highest BCUT2D eigenvalue weighted by atomic mass is 32.2. The Bertz CT molecular complexity index is 461. The molecule has 0 unspecified atom stereocenters. The number of fused-ring (bicyclic) bond motifs is 1. The zero-order valence-electron chi connectivity index (χ0n) is 8.23. The smallest absolute Gasteiger partial charge is 0.230 e. The van der Waals surface area contributed by atoms with E-state index in [2.05, 4.69) is 9.97 Å².